The monoisotopic (exact) mass is 268 g/mol. The molecule has 0 bridgehead atoms. The first-order valence-corrected chi connectivity index (χ1v) is 7.66. The number of nitrogens with two attached hydrogens (primary N) is 1. The highest BCUT2D eigenvalue weighted by atomic mass is 16.5. The van der Waals surface area contributed by atoms with E-state index < -0.39 is 0 Å². The Balaban J connectivity index is 1.96. The number of nitrogens with zero attached hydrogens (tertiary/aromatic N) is 1. The van der Waals surface area contributed by atoms with Crippen LogP contribution in [0.2, 0.25) is 0 Å². The fraction of sp³-hybridized carbons (Fsp3) is 0.933. The van der Waals surface area contributed by atoms with Crippen LogP contribution in [0.5, 0.6) is 0 Å². The molecule has 0 radical (unpaired) electrons. The molecule has 110 valence electrons. The summed E-state index contributed by atoms with van der Waals surface area (Å²) in [5.74, 6) is 1.77. The van der Waals surface area contributed by atoms with Crippen LogP contribution in [-0.2, 0) is 9.53 Å². The third kappa shape index (κ3) is 3.11. The summed E-state index contributed by atoms with van der Waals surface area (Å²) in [6, 6.07) is 0. The van der Waals surface area contributed by atoms with Crippen molar-refractivity contribution >= 4 is 5.91 Å². The van der Waals surface area contributed by atoms with Gasteiger partial charge in [-0.15, -0.1) is 0 Å². The lowest BCUT2D eigenvalue weighted by Crippen LogP contribution is -2.52. The molecule has 4 heteroatoms. The predicted molar refractivity (Wildman–Crippen MR) is 75.7 cm³/mol. The van der Waals surface area contributed by atoms with Gasteiger partial charge in [0.15, 0.2) is 0 Å². The quantitative estimate of drug-likeness (QED) is 0.846. The second-order valence-electron chi connectivity index (χ2n) is 6.47. The summed E-state index contributed by atoms with van der Waals surface area (Å²) < 4.78 is 5.39. The van der Waals surface area contributed by atoms with Crippen LogP contribution in [-0.4, -0.2) is 43.7 Å². The molecule has 2 heterocycles. The molecule has 19 heavy (non-hydrogen) atoms. The molecule has 1 amide bonds. The summed E-state index contributed by atoms with van der Waals surface area (Å²) in [5, 5.41) is 0. The first-order valence-electron chi connectivity index (χ1n) is 7.66. The van der Waals surface area contributed by atoms with E-state index in [9.17, 15) is 4.79 Å². The minimum atomic E-state index is -0.344. The van der Waals surface area contributed by atoms with Crippen molar-refractivity contribution in [2.24, 2.45) is 23.0 Å². The number of likely N-dealkylation sites (tertiary alicyclic amines) is 1. The van der Waals surface area contributed by atoms with E-state index in [1.165, 1.54) is 0 Å². The number of carbonyl (C=O) groups excluding carboxylic acids is 1. The summed E-state index contributed by atoms with van der Waals surface area (Å²) in [6.07, 6.45) is 3.85. The summed E-state index contributed by atoms with van der Waals surface area (Å²) in [7, 11) is 0. The topological polar surface area (TPSA) is 55.6 Å². The van der Waals surface area contributed by atoms with E-state index in [1.54, 1.807) is 0 Å². The lowest BCUT2D eigenvalue weighted by atomic mass is 9.78. The van der Waals surface area contributed by atoms with Crippen LogP contribution in [0.3, 0.4) is 0 Å². The van der Waals surface area contributed by atoms with Crippen LogP contribution >= 0.6 is 0 Å². The molecule has 0 aliphatic carbocycles. The number of piperidine rings is 1. The molecule has 2 saturated heterocycles. The molecule has 0 atom stereocenters. The molecule has 2 N–H and O–H groups in total. The Hall–Kier alpha value is -0.610. The third-order valence-electron chi connectivity index (χ3n) is 5.06. The Morgan fingerprint density at radius 1 is 1.32 bits per heavy atom. The van der Waals surface area contributed by atoms with Gasteiger partial charge in [0.05, 0.1) is 5.41 Å². The van der Waals surface area contributed by atoms with Crippen molar-refractivity contribution in [1.29, 1.82) is 0 Å². The van der Waals surface area contributed by atoms with E-state index in [0.29, 0.717) is 19.8 Å². The Kier molecular flexibility index (Phi) is 4.85. The SMILES string of the molecule is CC(C)C1CCN(C(=O)C2(CN)CCOCC2)CC1. The van der Waals surface area contributed by atoms with Crippen LogP contribution in [0.1, 0.15) is 39.5 Å². The van der Waals surface area contributed by atoms with Gasteiger partial charge >= 0.3 is 0 Å². The number of carbonyl (C=O) groups is 1. The highest BCUT2D eigenvalue weighted by molar-refractivity contribution is 5.83. The molecule has 0 spiro atoms. The van der Waals surface area contributed by atoms with Crippen LogP contribution < -0.4 is 5.73 Å². The normalized spacial score (nSPS) is 24.7. The Bertz CT molecular complexity index is 303. The summed E-state index contributed by atoms with van der Waals surface area (Å²) >= 11 is 0. The second-order valence-corrected chi connectivity index (χ2v) is 6.47. The van der Waals surface area contributed by atoms with E-state index in [4.69, 9.17) is 10.5 Å². The fourth-order valence-corrected chi connectivity index (χ4v) is 3.37. The molecule has 2 aliphatic rings. The summed E-state index contributed by atoms with van der Waals surface area (Å²) in [6.45, 7) is 8.18. The van der Waals surface area contributed by atoms with Crippen LogP contribution in [0, 0.1) is 17.3 Å². The fourth-order valence-electron chi connectivity index (χ4n) is 3.37. The van der Waals surface area contributed by atoms with Gasteiger partial charge in [-0.2, -0.15) is 0 Å². The first kappa shape index (κ1) is 14.8. The van der Waals surface area contributed by atoms with E-state index in [1.807, 2.05) is 0 Å². The van der Waals surface area contributed by atoms with Gasteiger partial charge in [0, 0.05) is 32.8 Å². The lowest BCUT2D eigenvalue weighted by Gasteiger charge is -2.42. The minimum absolute atomic E-state index is 0.278. The average Bonchev–Trinajstić information content (AvgIpc) is 2.47. The zero-order valence-electron chi connectivity index (χ0n) is 12.4. The molecule has 0 aromatic heterocycles. The second kappa shape index (κ2) is 6.23. The lowest BCUT2D eigenvalue weighted by molar-refractivity contribution is -0.148. The van der Waals surface area contributed by atoms with E-state index in [2.05, 4.69) is 18.7 Å². The number of ether oxygens (including phenoxy) is 1. The zero-order valence-corrected chi connectivity index (χ0v) is 12.4. The standard InChI is InChI=1S/C15H28N2O2/c1-12(2)13-3-7-17(8-4-13)14(18)15(11-16)5-9-19-10-6-15/h12-13H,3-11,16H2,1-2H3. The minimum Gasteiger partial charge on any atom is -0.381 e. The van der Waals surface area contributed by atoms with Gasteiger partial charge in [0.1, 0.15) is 0 Å². The van der Waals surface area contributed by atoms with Crippen molar-refractivity contribution in [3.8, 4) is 0 Å². The number of amides is 1. The number of hydrogen-bond acceptors (Lipinski definition) is 3. The van der Waals surface area contributed by atoms with E-state index in [-0.39, 0.29) is 11.3 Å². The average molecular weight is 268 g/mol. The van der Waals surface area contributed by atoms with Crippen LogP contribution in [0.15, 0.2) is 0 Å². The molecular weight excluding hydrogens is 240 g/mol. The summed E-state index contributed by atoms with van der Waals surface area (Å²) in [5.41, 5.74) is 5.57. The van der Waals surface area contributed by atoms with Crippen molar-refractivity contribution in [2.75, 3.05) is 32.8 Å². The van der Waals surface area contributed by atoms with Crippen molar-refractivity contribution < 1.29 is 9.53 Å². The Morgan fingerprint density at radius 2 is 1.89 bits per heavy atom. The Morgan fingerprint density at radius 3 is 2.37 bits per heavy atom. The molecule has 2 fully saturated rings. The third-order valence-corrected chi connectivity index (χ3v) is 5.06. The molecule has 0 unspecified atom stereocenters. The van der Waals surface area contributed by atoms with Crippen molar-refractivity contribution in [3.63, 3.8) is 0 Å². The highest BCUT2D eigenvalue weighted by Gasteiger charge is 2.42. The molecule has 2 aliphatic heterocycles. The van der Waals surface area contributed by atoms with Gasteiger partial charge in [-0.05, 0) is 37.5 Å². The molecular formula is C15H28N2O2. The van der Waals surface area contributed by atoms with Gasteiger partial charge in [-0.1, -0.05) is 13.8 Å². The van der Waals surface area contributed by atoms with Gasteiger partial charge in [-0.25, -0.2) is 0 Å². The van der Waals surface area contributed by atoms with E-state index in [0.717, 1.165) is 50.6 Å². The van der Waals surface area contributed by atoms with Gasteiger partial charge in [0.2, 0.25) is 5.91 Å². The van der Waals surface area contributed by atoms with E-state index >= 15 is 0 Å². The largest absolute Gasteiger partial charge is 0.381 e. The maximum Gasteiger partial charge on any atom is 0.230 e. The van der Waals surface area contributed by atoms with Gasteiger partial charge in [0.25, 0.3) is 0 Å². The first-order chi connectivity index (χ1) is 9.09. The zero-order chi connectivity index (χ0) is 13.9. The van der Waals surface area contributed by atoms with Gasteiger partial charge in [-0.3, -0.25) is 4.79 Å². The highest BCUT2D eigenvalue weighted by Crippen LogP contribution is 2.34. The van der Waals surface area contributed by atoms with Crippen LogP contribution in [0.25, 0.3) is 0 Å². The van der Waals surface area contributed by atoms with Crippen molar-refractivity contribution in [1.82, 2.24) is 4.90 Å². The maximum absolute atomic E-state index is 12.8. The molecule has 0 saturated carbocycles. The smallest absolute Gasteiger partial charge is 0.230 e. The predicted octanol–water partition coefficient (Wildman–Crippen LogP) is 1.64. The molecule has 2 rings (SSSR count). The van der Waals surface area contributed by atoms with Gasteiger partial charge < -0.3 is 15.4 Å². The molecule has 4 nitrogen and oxygen atoms in total. The molecule has 0 aromatic rings. The number of hydrogen-bond donors (Lipinski definition) is 1. The van der Waals surface area contributed by atoms with Crippen molar-refractivity contribution in [2.45, 2.75) is 39.5 Å². The van der Waals surface area contributed by atoms with Crippen LogP contribution in [0.4, 0.5) is 0 Å². The molecule has 0 aromatic carbocycles. The number of rotatable bonds is 3. The van der Waals surface area contributed by atoms with Crippen molar-refractivity contribution in [3.05, 3.63) is 0 Å². The summed E-state index contributed by atoms with van der Waals surface area (Å²) in [4.78, 5) is 14.8. The Labute approximate surface area is 116 Å². The maximum atomic E-state index is 12.8.